The Morgan fingerprint density at radius 3 is 2.23 bits per heavy atom. The molecule has 0 unspecified atom stereocenters. The van der Waals surface area contributed by atoms with E-state index in [0.717, 1.165) is 18.2 Å². The van der Waals surface area contributed by atoms with Crippen LogP contribution >= 0.6 is 11.6 Å². The van der Waals surface area contributed by atoms with Crippen LogP contribution < -0.4 is 0 Å². The Kier molecular flexibility index (Phi) is 5.27. The van der Waals surface area contributed by atoms with Gasteiger partial charge in [-0.15, -0.1) is 0 Å². The highest BCUT2D eigenvalue weighted by molar-refractivity contribution is 7.89. The van der Waals surface area contributed by atoms with Crippen LogP contribution in [0.3, 0.4) is 0 Å². The largest absolute Gasteiger partial charge is 0.336 e. The Labute approximate surface area is 154 Å². The summed E-state index contributed by atoms with van der Waals surface area (Å²) in [5, 5.41) is 0.00446. The van der Waals surface area contributed by atoms with E-state index in [1.54, 1.807) is 0 Å². The van der Waals surface area contributed by atoms with E-state index >= 15 is 0 Å². The molecule has 0 aromatic heterocycles. The normalized spacial score (nSPS) is 15.9. The maximum absolute atomic E-state index is 13.3. The first-order valence-corrected chi connectivity index (χ1v) is 9.61. The minimum absolute atomic E-state index is 0.00446. The topological polar surface area (TPSA) is 57.7 Å². The fourth-order valence-electron chi connectivity index (χ4n) is 2.74. The summed E-state index contributed by atoms with van der Waals surface area (Å²) >= 11 is 5.91. The van der Waals surface area contributed by atoms with Crippen molar-refractivity contribution in [1.29, 1.82) is 0 Å². The number of amides is 1. The third-order valence-corrected chi connectivity index (χ3v) is 6.33. The number of nitrogens with zero attached hydrogens (tertiary/aromatic N) is 2. The molecule has 0 saturated carbocycles. The van der Waals surface area contributed by atoms with Crippen molar-refractivity contribution < 1.29 is 22.0 Å². The van der Waals surface area contributed by atoms with Gasteiger partial charge in [0, 0.05) is 26.2 Å². The zero-order chi connectivity index (χ0) is 18.9. The van der Waals surface area contributed by atoms with Crippen molar-refractivity contribution in [3.63, 3.8) is 0 Å². The van der Waals surface area contributed by atoms with E-state index in [1.165, 1.54) is 33.5 Å². The molecule has 0 aliphatic carbocycles. The summed E-state index contributed by atoms with van der Waals surface area (Å²) in [6, 6.07) is 8.29. The monoisotopic (exact) mass is 400 g/mol. The third-order valence-electron chi connectivity index (χ3n) is 4.12. The number of rotatable bonds is 3. The lowest BCUT2D eigenvalue weighted by atomic mass is 10.2. The van der Waals surface area contributed by atoms with Crippen LogP contribution in [0.4, 0.5) is 8.78 Å². The maximum Gasteiger partial charge on any atom is 0.255 e. The van der Waals surface area contributed by atoms with Crippen LogP contribution in [0.1, 0.15) is 10.4 Å². The first kappa shape index (κ1) is 18.8. The molecule has 0 bridgehead atoms. The van der Waals surface area contributed by atoms with E-state index in [4.69, 9.17) is 11.6 Å². The van der Waals surface area contributed by atoms with Crippen LogP contribution in [0, 0.1) is 11.6 Å². The quantitative estimate of drug-likeness (QED) is 0.796. The lowest BCUT2D eigenvalue weighted by molar-refractivity contribution is 0.0698. The molecule has 0 spiro atoms. The Hall–Kier alpha value is -2.03. The van der Waals surface area contributed by atoms with E-state index < -0.39 is 27.6 Å². The number of hydrogen-bond acceptors (Lipinski definition) is 3. The molecule has 3 rings (SSSR count). The van der Waals surface area contributed by atoms with Gasteiger partial charge >= 0.3 is 0 Å². The average molecular weight is 401 g/mol. The molecule has 0 radical (unpaired) electrons. The number of carbonyl (C=O) groups is 1. The smallest absolute Gasteiger partial charge is 0.255 e. The summed E-state index contributed by atoms with van der Waals surface area (Å²) in [6.45, 7) is 0.453. The highest BCUT2D eigenvalue weighted by atomic mass is 35.5. The number of sulfonamides is 1. The maximum atomic E-state index is 13.3. The fraction of sp³-hybridized carbons (Fsp3) is 0.235. The summed E-state index contributed by atoms with van der Waals surface area (Å²) in [4.78, 5) is 13.8. The molecule has 9 heteroatoms. The summed E-state index contributed by atoms with van der Waals surface area (Å²) in [5.41, 5.74) is 0.162. The molecule has 5 nitrogen and oxygen atoms in total. The zero-order valence-electron chi connectivity index (χ0n) is 13.5. The van der Waals surface area contributed by atoms with Crippen LogP contribution in [-0.4, -0.2) is 49.7 Å². The molecule has 1 aliphatic heterocycles. The van der Waals surface area contributed by atoms with E-state index in [0.29, 0.717) is 0 Å². The van der Waals surface area contributed by atoms with Crippen molar-refractivity contribution in [2.45, 2.75) is 4.90 Å². The van der Waals surface area contributed by atoms with Crippen molar-refractivity contribution in [2.75, 3.05) is 26.2 Å². The minimum Gasteiger partial charge on any atom is -0.336 e. The highest BCUT2D eigenvalue weighted by Crippen LogP contribution is 2.22. The number of benzene rings is 2. The predicted octanol–water partition coefficient (Wildman–Crippen LogP) is 2.76. The second kappa shape index (κ2) is 7.30. The Bertz CT molecular complexity index is 945. The summed E-state index contributed by atoms with van der Waals surface area (Å²) in [5.74, 6) is -1.57. The van der Waals surface area contributed by atoms with Crippen LogP contribution in [-0.2, 0) is 10.0 Å². The molecule has 0 N–H and O–H groups in total. The second-order valence-corrected chi connectivity index (χ2v) is 8.12. The summed E-state index contributed by atoms with van der Waals surface area (Å²) in [7, 11) is -3.83. The van der Waals surface area contributed by atoms with Crippen molar-refractivity contribution in [3.8, 4) is 0 Å². The van der Waals surface area contributed by atoms with E-state index in [2.05, 4.69) is 0 Å². The van der Waals surface area contributed by atoms with Gasteiger partial charge in [-0.1, -0.05) is 17.7 Å². The summed E-state index contributed by atoms with van der Waals surface area (Å²) < 4.78 is 52.8. The molecular formula is C17H15ClF2N2O3S. The zero-order valence-corrected chi connectivity index (χ0v) is 15.1. The van der Waals surface area contributed by atoms with E-state index in [9.17, 15) is 22.0 Å². The molecule has 2 aromatic carbocycles. The Morgan fingerprint density at radius 2 is 1.62 bits per heavy atom. The van der Waals surface area contributed by atoms with Crippen molar-refractivity contribution >= 4 is 27.5 Å². The van der Waals surface area contributed by atoms with Gasteiger partial charge in [0.25, 0.3) is 5.91 Å². The van der Waals surface area contributed by atoms with Gasteiger partial charge < -0.3 is 4.90 Å². The van der Waals surface area contributed by atoms with Gasteiger partial charge in [0.05, 0.1) is 15.5 Å². The molecule has 1 saturated heterocycles. The minimum atomic E-state index is -3.83. The predicted molar refractivity (Wildman–Crippen MR) is 92.5 cm³/mol. The van der Waals surface area contributed by atoms with Crippen LogP contribution in [0.15, 0.2) is 47.4 Å². The number of hydrogen-bond donors (Lipinski definition) is 0. The number of carbonyl (C=O) groups excluding carboxylic acids is 1. The lowest BCUT2D eigenvalue weighted by Gasteiger charge is -2.34. The van der Waals surface area contributed by atoms with Crippen molar-refractivity contribution in [2.24, 2.45) is 0 Å². The van der Waals surface area contributed by atoms with Crippen molar-refractivity contribution in [1.82, 2.24) is 9.21 Å². The second-order valence-electron chi connectivity index (χ2n) is 5.78. The molecule has 138 valence electrons. The van der Waals surface area contributed by atoms with Gasteiger partial charge in [-0.05, 0) is 36.4 Å². The first-order valence-electron chi connectivity index (χ1n) is 7.79. The van der Waals surface area contributed by atoms with Gasteiger partial charge in [-0.25, -0.2) is 17.2 Å². The van der Waals surface area contributed by atoms with Crippen LogP contribution in [0.5, 0.6) is 0 Å². The SMILES string of the molecule is O=C(c1ccc(F)cc1Cl)N1CCN(S(=O)(=O)c2cccc(F)c2)CC1. The van der Waals surface area contributed by atoms with Gasteiger partial charge in [0.1, 0.15) is 11.6 Å². The highest BCUT2D eigenvalue weighted by Gasteiger charge is 2.31. The number of piperazine rings is 1. The van der Waals surface area contributed by atoms with E-state index in [-0.39, 0.29) is 41.7 Å². The Balaban J connectivity index is 1.72. The third kappa shape index (κ3) is 3.72. The molecule has 1 fully saturated rings. The summed E-state index contributed by atoms with van der Waals surface area (Å²) in [6.07, 6.45) is 0. The number of halogens is 3. The molecule has 26 heavy (non-hydrogen) atoms. The molecule has 2 aromatic rings. The molecular weight excluding hydrogens is 386 g/mol. The van der Waals surface area contributed by atoms with Crippen LogP contribution in [0.2, 0.25) is 5.02 Å². The van der Waals surface area contributed by atoms with E-state index in [1.807, 2.05) is 0 Å². The fourth-order valence-corrected chi connectivity index (χ4v) is 4.44. The molecule has 1 aliphatic rings. The molecule has 1 heterocycles. The Morgan fingerprint density at radius 1 is 0.962 bits per heavy atom. The standard InChI is InChI=1S/C17H15ClF2N2O3S/c18-16-11-13(20)4-5-15(16)17(23)21-6-8-22(9-7-21)26(24,25)14-3-1-2-12(19)10-14/h1-5,10-11H,6-9H2. The van der Waals surface area contributed by atoms with Crippen LogP contribution in [0.25, 0.3) is 0 Å². The van der Waals surface area contributed by atoms with Gasteiger partial charge in [-0.2, -0.15) is 4.31 Å². The van der Waals surface area contributed by atoms with Gasteiger partial charge in [-0.3, -0.25) is 4.79 Å². The average Bonchev–Trinajstić information content (AvgIpc) is 2.61. The lowest BCUT2D eigenvalue weighted by Crippen LogP contribution is -2.50. The first-order chi connectivity index (χ1) is 12.3. The molecule has 0 atom stereocenters. The van der Waals surface area contributed by atoms with Gasteiger partial charge in [0.2, 0.25) is 10.0 Å². The van der Waals surface area contributed by atoms with Gasteiger partial charge in [0.15, 0.2) is 0 Å². The molecule has 1 amide bonds. The van der Waals surface area contributed by atoms with Crippen molar-refractivity contribution in [3.05, 3.63) is 64.7 Å².